The molecule has 12 aromatic rings. The normalized spacial score (nSPS) is 12.7. The molecule has 27 heteroatoms. The lowest BCUT2D eigenvalue weighted by molar-refractivity contribution is -0.104. The summed E-state index contributed by atoms with van der Waals surface area (Å²) in [7, 11) is -5.58. The first-order chi connectivity index (χ1) is 53.5. The summed E-state index contributed by atoms with van der Waals surface area (Å²) in [5.74, 6) is 3.71. The van der Waals surface area contributed by atoms with E-state index < -0.39 is 34.7 Å². The zero-order valence-corrected chi connectivity index (χ0v) is 72.4. The van der Waals surface area contributed by atoms with E-state index in [2.05, 4.69) is 134 Å². The van der Waals surface area contributed by atoms with Gasteiger partial charge in [-0.05, 0) is 253 Å². The zero-order chi connectivity index (χ0) is 82.7. The lowest BCUT2D eigenvalue weighted by atomic mass is 9.99. The fourth-order valence-corrected chi connectivity index (χ4v) is 17.4. The van der Waals surface area contributed by atoms with E-state index in [1.165, 1.54) is 53.0 Å². The highest BCUT2D eigenvalue weighted by Crippen LogP contribution is 2.68. The first-order valence-electron chi connectivity index (χ1n) is 37.0. The molecule has 596 valence electrons. The van der Waals surface area contributed by atoms with E-state index >= 15 is 0 Å². The molecule has 0 aliphatic heterocycles. The van der Waals surface area contributed by atoms with Crippen LogP contribution in [0.25, 0.3) is 77.6 Å². The maximum absolute atomic E-state index is 12.3. The van der Waals surface area contributed by atoms with Crippen LogP contribution in [0.5, 0.6) is 17.2 Å². The molecule has 0 aliphatic carbocycles. The quantitative estimate of drug-likeness (QED) is 0.00886. The molecule has 113 heavy (non-hydrogen) atoms. The summed E-state index contributed by atoms with van der Waals surface area (Å²) in [6, 6.07) is 41.7. The van der Waals surface area contributed by atoms with Crippen molar-refractivity contribution in [3.8, 4) is 17.2 Å². The number of hydrogen-bond acceptors (Lipinski definition) is 20. The number of aryl methyl sites for hydroxylation is 9. The summed E-state index contributed by atoms with van der Waals surface area (Å²) < 4.78 is 67.3. The molecule has 0 bridgehead atoms. The second kappa shape index (κ2) is 40.0. The van der Waals surface area contributed by atoms with Gasteiger partial charge < -0.3 is 54.8 Å². The van der Waals surface area contributed by atoms with Crippen LogP contribution >= 0.6 is 37.9 Å². The minimum atomic E-state index is -4.28. The van der Waals surface area contributed by atoms with E-state index in [9.17, 15) is 33.1 Å². The number of nitrogen functional groups attached to an aromatic ring is 3. The number of aromatic nitrogens is 6. The van der Waals surface area contributed by atoms with Crippen LogP contribution < -0.4 is 31.4 Å². The highest BCUT2D eigenvalue weighted by atomic mass is 79.9. The Morgan fingerprint density at radius 2 is 0.814 bits per heavy atom. The Balaban J connectivity index is 0.000000189. The number of nitrogens with two attached hydrogens (primary N) is 3. The molecule has 0 aliphatic rings. The van der Waals surface area contributed by atoms with Gasteiger partial charge in [0.25, 0.3) is 0 Å². The van der Waals surface area contributed by atoms with Crippen molar-refractivity contribution in [3.05, 3.63) is 224 Å². The summed E-state index contributed by atoms with van der Waals surface area (Å²) >= 11 is 3.51. The van der Waals surface area contributed by atoms with Crippen molar-refractivity contribution < 1.29 is 60.9 Å². The van der Waals surface area contributed by atoms with Crippen molar-refractivity contribution in [1.82, 2.24) is 29.9 Å². The largest absolute Gasteiger partial charge is 0.497 e. The molecule has 12 rings (SSSR count). The fourth-order valence-electron chi connectivity index (χ4n) is 12.5. The van der Waals surface area contributed by atoms with Crippen molar-refractivity contribution in [1.29, 1.82) is 0 Å². The fraction of sp³-hybridized carbons (Fsp3) is 0.302. The van der Waals surface area contributed by atoms with Gasteiger partial charge in [-0.25, -0.2) is 15.0 Å². The molecule has 2 atom stereocenters. The number of benzene rings is 6. The maximum atomic E-state index is 12.3. The number of rotatable bonds is 25. The summed E-state index contributed by atoms with van der Waals surface area (Å²) in [5.41, 5.74) is 36.3. The van der Waals surface area contributed by atoms with Crippen LogP contribution in [-0.4, -0.2) is 112 Å². The Morgan fingerprint density at radius 3 is 1.12 bits per heavy atom. The van der Waals surface area contributed by atoms with E-state index in [0.29, 0.717) is 68.3 Å². The van der Waals surface area contributed by atoms with Crippen molar-refractivity contribution in [2.24, 2.45) is 0 Å². The summed E-state index contributed by atoms with van der Waals surface area (Å²) in [6.45, 7) is 24.5. The van der Waals surface area contributed by atoms with E-state index in [1.54, 1.807) is 74.1 Å². The predicted octanol–water partition coefficient (Wildman–Crippen LogP) is 20.1. The number of pyridine rings is 6. The van der Waals surface area contributed by atoms with Gasteiger partial charge >= 0.3 is 15.2 Å². The van der Waals surface area contributed by atoms with Gasteiger partial charge in [0, 0.05) is 68.5 Å². The molecule has 2 unspecified atom stereocenters. The van der Waals surface area contributed by atoms with Gasteiger partial charge in [0.2, 0.25) is 7.37 Å². The smallest absolute Gasteiger partial charge is 0.351 e. The van der Waals surface area contributed by atoms with E-state index in [4.69, 9.17) is 45.0 Å². The van der Waals surface area contributed by atoms with Crippen molar-refractivity contribution in [3.63, 3.8) is 0 Å². The number of hydrogen-bond donors (Lipinski definition) is 5. The monoisotopic (exact) mass is 1670 g/mol. The highest BCUT2D eigenvalue weighted by molar-refractivity contribution is 9.26. The van der Waals surface area contributed by atoms with Crippen molar-refractivity contribution in [2.45, 2.75) is 126 Å². The van der Waals surface area contributed by atoms with Gasteiger partial charge in [0.15, 0.2) is 17.5 Å². The summed E-state index contributed by atoms with van der Waals surface area (Å²) in [4.78, 5) is 67.8. The van der Waals surface area contributed by atoms with E-state index in [1.807, 2.05) is 85.3 Å². The predicted molar refractivity (Wildman–Crippen MR) is 468 cm³/mol. The van der Waals surface area contributed by atoms with Gasteiger partial charge in [-0.3, -0.25) is 38.2 Å². The number of carbonyl (C=O) groups excluding carboxylic acids is 2. The maximum Gasteiger partial charge on any atom is 0.351 e. The number of halogens is 1. The second-order valence-electron chi connectivity index (χ2n) is 28.3. The molecular formula is C86H103BrN9O13P3Si. The van der Waals surface area contributed by atoms with Gasteiger partial charge in [-0.2, -0.15) is 0 Å². The molecule has 0 radical (unpaired) electrons. The third-order valence-electron chi connectivity index (χ3n) is 18.6. The SMILES string of the molecule is CCOP(C)(=O)C(C)P(=O)(OCC)OCC.COc1ccc(CCc2cnc3c(N)nc4cc(/C=C(\C)C=O)ccc4c3c2)c(C)c1.COc1ccc(CCc2cnc3c(N)nc4cc(/C=C(\C)P(=O)(O)O)ccc4c3c2)c(C)c1.COc1ccc(CCc2cnc3c(N)nc4cc(C=O)ccc4c3c2)c(C)c1.C[Si](C)(C)Br. The summed E-state index contributed by atoms with van der Waals surface area (Å²) in [6.07, 6.45) is 15.8. The molecule has 22 nitrogen and oxygen atoms in total. The molecule has 0 saturated carbocycles. The summed E-state index contributed by atoms with van der Waals surface area (Å²) in [5, 5.41) is 4.96. The molecule has 6 aromatic heterocycles. The van der Waals surface area contributed by atoms with Crippen LogP contribution in [0.2, 0.25) is 19.6 Å². The Morgan fingerprint density at radius 1 is 0.487 bits per heavy atom. The van der Waals surface area contributed by atoms with E-state index in [-0.39, 0.29) is 18.5 Å². The van der Waals surface area contributed by atoms with Gasteiger partial charge in [0.05, 0.1) is 57.7 Å². The number of methoxy groups -OCH3 is 3. The number of anilines is 3. The third-order valence-corrected chi connectivity index (χ3v) is 26.0. The Labute approximate surface area is 670 Å². The van der Waals surface area contributed by atoms with Crippen LogP contribution in [0.15, 0.2) is 157 Å². The Bertz CT molecular complexity index is 5650. The molecule has 0 saturated heterocycles. The number of ether oxygens (including phenoxy) is 3. The number of carbonyl (C=O) groups is 2. The number of allylic oxidation sites excluding steroid dienone is 2. The van der Waals surface area contributed by atoms with E-state index in [0.717, 1.165) is 128 Å². The standard InChI is InChI=1S/C26H25N3O2.C25H26N3O4P.C23H21N3O2.C9H22O5P2.C3H9BrSi/c1-16(15-30)10-18-5-9-22-23-12-19(14-28-25(23)26(27)29-24(22)13-18)4-6-20-7-8-21(31-3)11-17(20)2;1-15-10-20(32-3)8-7-19(15)6-4-18-12-22-21-9-5-17(11-16(2)33(29,30)31)13-23(21)28-25(26)24(22)27-14-18;1-14-9-18(28-2)7-6-17(14)5-3-15-10-20-19-8-4-16(13-27)11-21(19)26-23(24)22(20)25-12-15;1-6-12-15(5,10)9(4)16(11,13-7-2)14-8-3;1-5(2,3)4/h5,7-15H,4,6H2,1-3H3,(H2,27,29);5,7-14H,4,6H2,1-3H3,(H2,26,28)(H2,29,30,31);4,6-13H,3,5H2,1-2H3,(H2,24,26);9H,6-8H2,1-5H3;1-3H3/b16-10+;16-11+;;;. The molecule has 0 amide bonds. The lowest BCUT2D eigenvalue weighted by Crippen LogP contribution is -2.11. The van der Waals surface area contributed by atoms with Crippen molar-refractivity contribution >= 4 is 152 Å². The van der Waals surface area contributed by atoms with Crippen LogP contribution in [0, 0.1) is 20.8 Å². The van der Waals surface area contributed by atoms with Crippen LogP contribution in [0.4, 0.5) is 17.5 Å². The van der Waals surface area contributed by atoms with Gasteiger partial charge in [-0.1, -0.05) is 74.2 Å². The van der Waals surface area contributed by atoms with Gasteiger partial charge in [-0.15, -0.1) is 15.3 Å². The Kier molecular flexibility index (Phi) is 31.6. The topological polar surface area (TPSA) is 337 Å². The molecule has 0 spiro atoms. The molecular weight excluding hydrogens is 1570 g/mol. The highest BCUT2D eigenvalue weighted by Gasteiger charge is 2.43. The number of nitrogens with zero attached hydrogens (tertiary/aromatic N) is 6. The van der Waals surface area contributed by atoms with Crippen LogP contribution in [0.1, 0.15) is 113 Å². The lowest BCUT2D eigenvalue weighted by Gasteiger charge is -2.27. The number of fused-ring (bicyclic) bond motifs is 9. The zero-order valence-electron chi connectivity index (χ0n) is 67.1. The van der Waals surface area contributed by atoms with Crippen molar-refractivity contribution in [2.75, 3.05) is 65.0 Å². The molecule has 6 heterocycles. The average molecular weight is 1670 g/mol. The molecule has 0 fully saturated rings. The minimum absolute atomic E-state index is 0.00612. The Hall–Kier alpha value is -9.41. The average Bonchev–Trinajstić information content (AvgIpc) is 0.525. The minimum Gasteiger partial charge on any atom is -0.497 e. The van der Waals surface area contributed by atoms with Crippen LogP contribution in [0.3, 0.4) is 0 Å². The molecule has 8 N–H and O–H groups in total. The second-order valence-corrected chi connectivity index (χ2v) is 47.0. The molecule has 6 aromatic carbocycles. The first kappa shape index (κ1) is 89.1. The number of aldehydes is 2. The first-order valence-corrected chi connectivity index (χ1v) is 48.1. The van der Waals surface area contributed by atoms with Gasteiger partial charge in [0.1, 0.15) is 58.5 Å². The third kappa shape index (κ3) is 24.3. The van der Waals surface area contributed by atoms with Crippen LogP contribution in [-0.2, 0) is 70.6 Å².